The van der Waals surface area contributed by atoms with Gasteiger partial charge in [-0.05, 0) is 51.4 Å². The molecule has 1 aromatic heterocycles. The molecule has 1 saturated heterocycles. The molecule has 3 rings (SSSR count). The summed E-state index contributed by atoms with van der Waals surface area (Å²) in [7, 11) is 0. The number of hydrogen-bond donors (Lipinski definition) is 1. The molecule has 1 atom stereocenters. The van der Waals surface area contributed by atoms with Crippen LogP contribution in [0.4, 0.5) is 13.2 Å². The lowest BCUT2D eigenvalue weighted by molar-refractivity contribution is -0.143. The zero-order chi connectivity index (χ0) is 18.7. The summed E-state index contributed by atoms with van der Waals surface area (Å²) in [4.78, 5) is 1.50. The van der Waals surface area contributed by atoms with E-state index in [4.69, 9.17) is 0 Å². The number of hydrogen-bond acceptors (Lipinski definition) is 3. The summed E-state index contributed by atoms with van der Waals surface area (Å²) < 4.78 is 39.4. The maximum Gasteiger partial charge on any atom is 0.401 e. The fourth-order valence-electron chi connectivity index (χ4n) is 3.63. The Labute approximate surface area is 152 Å². The van der Waals surface area contributed by atoms with Crippen molar-refractivity contribution in [1.29, 1.82) is 0 Å². The number of nitrogens with zero attached hydrogens (tertiary/aromatic N) is 3. The first kappa shape index (κ1) is 18.9. The minimum Gasteiger partial charge on any atom is -0.312 e. The van der Waals surface area contributed by atoms with Gasteiger partial charge in [0.1, 0.15) is 0 Å². The topological polar surface area (TPSA) is 33.1 Å². The van der Waals surface area contributed by atoms with Crippen molar-refractivity contribution in [3.05, 3.63) is 47.3 Å². The number of benzene rings is 1. The lowest BCUT2D eigenvalue weighted by Gasteiger charge is -2.18. The third-order valence-corrected chi connectivity index (χ3v) is 4.95. The second-order valence-electron chi connectivity index (χ2n) is 7.03. The molecule has 2 heterocycles. The van der Waals surface area contributed by atoms with Gasteiger partial charge in [0.2, 0.25) is 0 Å². The maximum atomic E-state index is 12.5. The average Bonchev–Trinajstić information content (AvgIpc) is 3.12. The first-order chi connectivity index (χ1) is 12.3. The van der Waals surface area contributed by atoms with Gasteiger partial charge >= 0.3 is 6.18 Å². The first-order valence-corrected chi connectivity index (χ1v) is 8.94. The molecule has 0 bridgehead atoms. The van der Waals surface area contributed by atoms with Gasteiger partial charge in [-0.3, -0.25) is 4.90 Å². The number of alkyl halides is 3. The summed E-state index contributed by atoms with van der Waals surface area (Å²) in [6.07, 6.45) is -3.30. The molecular weight excluding hydrogens is 341 g/mol. The molecule has 1 aromatic carbocycles. The summed E-state index contributed by atoms with van der Waals surface area (Å²) >= 11 is 0. The first-order valence-electron chi connectivity index (χ1n) is 8.94. The lowest BCUT2D eigenvalue weighted by atomic mass is 10.1. The minimum atomic E-state index is -4.11. The molecule has 26 heavy (non-hydrogen) atoms. The Kier molecular flexibility index (Phi) is 5.67. The molecule has 142 valence electrons. The highest BCUT2D eigenvalue weighted by atomic mass is 19.4. The van der Waals surface area contributed by atoms with Crippen molar-refractivity contribution in [2.24, 2.45) is 5.92 Å². The van der Waals surface area contributed by atoms with Crippen molar-refractivity contribution >= 4 is 0 Å². The maximum absolute atomic E-state index is 12.5. The minimum absolute atomic E-state index is 0.266. The smallest absolute Gasteiger partial charge is 0.312 e. The second-order valence-corrected chi connectivity index (χ2v) is 7.03. The van der Waals surface area contributed by atoms with Crippen LogP contribution in [0.25, 0.3) is 5.69 Å². The van der Waals surface area contributed by atoms with E-state index < -0.39 is 12.7 Å². The number of likely N-dealkylation sites (tertiary alicyclic amines) is 1. The SMILES string of the molecule is Cc1nn(-c2ccccc2)c(C)c1CNCC1CCN(CC(F)(F)F)C1. The Morgan fingerprint density at radius 1 is 1.19 bits per heavy atom. The summed E-state index contributed by atoms with van der Waals surface area (Å²) in [5.41, 5.74) is 4.24. The van der Waals surface area contributed by atoms with Crippen molar-refractivity contribution in [3.63, 3.8) is 0 Å². The van der Waals surface area contributed by atoms with Crippen LogP contribution in [0.3, 0.4) is 0 Å². The molecule has 0 radical (unpaired) electrons. The number of aryl methyl sites for hydroxylation is 1. The van der Waals surface area contributed by atoms with E-state index in [2.05, 4.69) is 10.4 Å². The predicted molar refractivity (Wildman–Crippen MR) is 95.3 cm³/mol. The number of nitrogens with one attached hydrogen (secondary N) is 1. The summed E-state index contributed by atoms with van der Waals surface area (Å²) in [6, 6.07) is 9.98. The third-order valence-electron chi connectivity index (χ3n) is 4.95. The van der Waals surface area contributed by atoms with Crippen LogP contribution in [0.1, 0.15) is 23.4 Å². The van der Waals surface area contributed by atoms with Gasteiger partial charge < -0.3 is 5.32 Å². The Hall–Kier alpha value is -1.86. The second kappa shape index (κ2) is 7.80. The molecule has 1 N–H and O–H groups in total. The van der Waals surface area contributed by atoms with Crippen LogP contribution < -0.4 is 5.32 Å². The van der Waals surface area contributed by atoms with E-state index in [1.807, 2.05) is 48.9 Å². The zero-order valence-corrected chi connectivity index (χ0v) is 15.2. The highest BCUT2D eigenvalue weighted by Crippen LogP contribution is 2.23. The van der Waals surface area contributed by atoms with Crippen LogP contribution >= 0.6 is 0 Å². The predicted octanol–water partition coefficient (Wildman–Crippen LogP) is 3.46. The fraction of sp³-hybridized carbons (Fsp3) is 0.526. The molecule has 1 aliphatic heterocycles. The molecule has 0 aliphatic carbocycles. The van der Waals surface area contributed by atoms with Crippen molar-refractivity contribution in [2.75, 3.05) is 26.2 Å². The Balaban J connectivity index is 1.54. The molecule has 0 spiro atoms. The molecule has 1 aliphatic rings. The summed E-state index contributed by atoms with van der Waals surface area (Å²) in [6.45, 7) is 5.67. The van der Waals surface area contributed by atoms with Crippen LogP contribution in [0.5, 0.6) is 0 Å². The van der Waals surface area contributed by atoms with E-state index in [9.17, 15) is 13.2 Å². The molecule has 2 aromatic rings. The quantitative estimate of drug-likeness (QED) is 0.850. The Morgan fingerprint density at radius 3 is 2.62 bits per heavy atom. The largest absolute Gasteiger partial charge is 0.401 e. The molecule has 1 unspecified atom stereocenters. The number of rotatable bonds is 6. The van der Waals surface area contributed by atoms with Gasteiger partial charge in [0, 0.05) is 24.3 Å². The van der Waals surface area contributed by atoms with Crippen LogP contribution in [0, 0.1) is 19.8 Å². The normalized spacial score (nSPS) is 18.6. The number of aromatic nitrogens is 2. The number of halogens is 3. The molecule has 1 fully saturated rings. The van der Waals surface area contributed by atoms with E-state index in [0.29, 0.717) is 19.6 Å². The third kappa shape index (κ3) is 4.65. The summed E-state index contributed by atoms with van der Waals surface area (Å²) in [5.74, 6) is 0.266. The van der Waals surface area contributed by atoms with Crippen LogP contribution in [-0.2, 0) is 6.54 Å². The van der Waals surface area contributed by atoms with E-state index in [1.54, 1.807) is 0 Å². The van der Waals surface area contributed by atoms with Crippen LogP contribution in [0.2, 0.25) is 0 Å². The highest BCUT2D eigenvalue weighted by Gasteiger charge is 2.34. The van der Waals surface area contributed by atoms with Gasteiger partial charge in [-0.15, -0.1) is 0 Å². The van der Waals surface area contributed by atoms with Crippen LogP contribution in [-0.4, -0.2) is 47.0 Å². The Morgan fingerprint density at radius 2 is 1.92 bits per heavy atom. The van der Waals surface area contributed by atoms with Gasteiger partial charge in [-0.2, -0.15) is 18.3 Å². The van der Waals surface area contributed by atoms with E-state index >= 15 is 0 Å². The van der Waals surface area contributed by atoms with Crippen LogP contribution in [0.15, 0.2) is 30.3 Å². The monoisotopic (exact) mass is 366 g/mol. The molecule has 4 nitrogen and oxygen atoms in total. The van der Waals surface area contributed by atoms with Gasteiger partial charge in [0.15, 0.2) is 0 Å². The Bertz CT molecular complexity index is 724. The van der Waals surface area contributed by atoms with Gasteiger partial charge in [-0.25, -0.2) is 4.68 Å². The van der Waals surface area contributed by atoms with Gasteiger partial charge in [0.25, 0.3) is 0 Å². The lowest BCUT2D eigenvalue weighted by Crippen LogP contribution is -2.33. The molecule has 0 amide bonds. The average molecular weight is 366 g/mol. The van der Waals surface area contributed by atoms with E-state index in [-0.39, 0.29) is 5.92 Å². The molecular formula is C19H25F3N4. The fourth-order valence-corrected chi connectivity index (χ4v) is 3.63. The standard InChI is InChI=1S/C19H25F3N4/c1-14-18(15(2)26(24-14)17-6-4-3-5-7-17)11-23-10-16-8-9-25(12-16)13-19(20,21)22/h3-7,16,23H,8-13H2,1-2H3. The van der Waals surface area contributed by atoms with Gasteiger partial charge in [-0.1, -0.05) is 18.2 Å². The van der Waals surface area contributed by atoms with Crippen molar-refractivity contribution < 1.29 is 13.2 Å². The van der Waals surface area contributed by atoms with Gasteiger partial charge in [0.05, 0.1) is 17.9 Å². The van der Waals surface area contributed by atoms with Crippen molar-refractivity contribution in [2.45, 2.75) is 33.0 Å². The summed E-state index contributed by atoms with van der Waals surface area (Å²) in [5, 5.41) is 8.04. The zero-order valence-electron chi connectivity index (χ0n) is 15.2. The number of para-hydroxylation sites is 1. The highest BCUT2D eigenvalue weighted by molar-refractivity contribution is 5.36. The van der Waals surface area contributed by atoms with Crippen molar-refractivity contribution in [1.82, 2.24) is 20.0 Å². The molecule has 0 saturated carbocycles. The van der Waals surface area contributed by atoms with E-state index in [0.717, 1.165) is 35.6 Å². The van der Waals surface area contributed by atoms with Crippen molar-refractivity contribution in [3.8, 4) is 5.69 Å². The van der Waals surface area contributed by atoms with E-state index in [1.165, 1.54) is 4.90 Å². The molecule has 7 heteroatoms.